The summed E-state index contributed by atoms with van der Waals surface area (Å²) in [5.41, 5.74) is 4.31. The Kier molecular flexibility index (Phi) is 5.83. The molecule has 2 aromatic heterocycles. The Hall–Kier alpha value is -3.18. The molecule has 1 aliphatic carbocycles. The number of anilines is 3. The van der Waals surface area contributed by atoms with Crippen molar-refractivity contribution in [3.63, 3.8) is 0 Å². The van der Waals surface area contributed by atoms with E-state index in [9.17, 15) is 8.42 Å². The number of ether oxygens (including phenoxy) is 1. The highest BCUT2D eigenvalue weighted by molar-refractivity contribution is 7.92. The van der Waals surface area contributed by atoms with Gasteiger partial charge in [-0.2, -0.15) is 0 Å². The van der Waals surface area contributed by atoms with Crippen molar-refractivity contribution < 1.29 is 13.2 Å². The van der Waals surface area contributed by atoms with Gasteiger partial charge in [-0.15, -0.1) is 5.10 Å². The van der Waals surface area contributed by atoms with Crippen molar-refractivity contribution in [2.45, 2.75) is 32.1 Å². The van der Waals surface area contributed by atoms with E-state index in [0.29, 0.717) is 23.5 Å². The molecule has 11 heteroatoms. The van der Waals surface area contributed by atoms with Crippen molar-refractivity contribution in [2.24, 2.45) is 5.41 Å². The van der Waals surface area contributed by atoms with Crippen LogP contribution in [0.25, 0.3) is 17.1 Å². The fourth-order valence-corrected chi connectivity index (χ4v) is 5.72. The molecule has 2 aliphatic heterocycles. The van der Waals surface area contributed by atoms with E-state index in [1.807, 2.05) is 36.5 Å². The second-order valence-electron chi connectivity index (χ2n) is 10.1. The molecule has 0 radical (unpaired) electrons. The van der Waals surface area contributed by atoms with E-state index in [0.717, 1.165) is 68.4 Å². The third-order valence-electron chi connectivity index (χ3n) is 7.43. The van der Waals surface area contributed by atoms with E-state index in [1.165, 1.54) is 19.1 Å². The van der Waals surface area contributed by atoms with Crippen LogP contribution in [0.3, 0.4) is 0 Å². The lowest BCUT2D eigenvalue weighted by molar-refractivity contribution is 0.106. The van der Waals surface area contributed by atoms with Crippen LogP contribution < -0.4 is 14.5 Å². The molecule has 0 bridgehead atoms. The molecule has 3 aliphatic rings. The van der Waals surface area contributed by atoms with Crippen LogP contribution >= 0.6 is 0 Å². The van der Waals surface area contributed by atoms with Crippen LogP contribution in [0.5, 0.6) is 0 Å². The lowest BCUT2D eigenvalue weighted by atomic mass is 9.93. The Bertz CT molecular complexity index is 1350. The molecule has 3 aromatic rings. The van der Waals surface area contributed by atoms with Crippen molar-refractivity contribution in [1.29, 1.82) is 0 Å². The number of nitrogens with zero attached hydrogens (tertiary/aromatic N) is 6. The third kappa shape index (κ3) is 4.90. The van der Waals surface area contributed by atoms with Gasteiger partial charge in [-0.05, 0) is 67.9 Å². The first-order chi connectivity index (χ1) is 17.4. The second-order valence-corrected chi connectivity index (χ2v) is 11.9. The van der Waals surface area contributed by atoms with Gasteiger partial charge in [-0.1, -0.05) is 11.3 Å². The minimum atomic E-state index is -3.38. The summed E-state index contributed by atoms with van der Waals surface area (Å²) in [5.74, 6) is 0.862. The predicted molar refractivity (Wildman–Crippen MR) is 139 cm³/mol. The van der Waals surface area contributed by atoms with Gasteiger partial charge >= 0.3 is 0 Å². The first kappa shape index (κ1) is 23.2. The molecule has 10 nitrogen and oxygen atoms in total. The molecule has 1 saturated carbocycles. The maximum Gasteiger partial charge on any atom is 0.229 e. The van der Waals surface area contributed by atoms with Crippen LogP contribution in [0, 0.1) is 5.41 Å². The number of hydrogen-bond donors (Lipinski definition) is 1. The molecule has 1 N–H and O–H groups in total. The van der Waals surface area contributed by atoms with Crippen molar-refractivity contribution in [3.05, 3.63) is 42.6 Å². The molecular weight excluding hydrogens is 478 g/mol. The van der Waals surface area contributed by atoms with Gasteiger partial charge in [-0.3, -0.25) is 4.72 Å². The zero-order chi connectivity index (χ0) is 24.8. The molecule has 6 rings (SSSR count). The quantitative estimate of drug-likeness (QED) is 0.540. The van der Waals surface area contributed by atoms with Gasteiger partial charge in [0.2, 0.25) is 10.0 Å². The second kappa shape index (κ2) is 9.04. The van der Waals surface area contributed by atoms with E-state index in [4.69, 9.17) is 9.72 Å². The largest absolute Gasteiger partial charge is 0.370 e. The molecule has 0 atom stereocenters. The van der Waals surface area contributed by atoms with Crippen LogP contribution in [0.1, 0.15) is 32.1 Å². The molecule has 190 valence electrons. The Balaban J connectivity index is 1.31. The Morgan fingerprint density at radius 2 is 1.81 bits per heavy atom. The van der Waals surface area contributed by atoms with E-state index in [2.05, 4.69) is 24.8 Å². The van der Waals surface area contributed by atoms with Crippen molar-refractivity contribution in [2.75, 3.05) is 53.7 Å². The Morgan fingerprint density at radius 3 is 2.53 bits per heavy atom. The summed E-state index contributed by atoms with van der Waals surface area (Å²) >= 11 is 0. The van der Waals surface area contributed by atoms with Gasteiger partial charge in [0.15, 0.2) is 0 Å². The molecule has 1 aromatic carbocycles. The molecule has 1 spiro atoms. The normalized spacial score (nSPS) is 19.5. The highest BCUT2D eigenvalue weighted by atomic mass is 32.2. The zero-order valence-electron chi connectivity index (χ0n) is 20.4. The van der Waals surface area contributed by atoms with E-state index >= 15 is 0 Å². The highest BCUT2D eigenvalue weighted by Gasteiger charge is 2.44. The summed E-state index contributed by atoms with van der Waals surface area (Å²) in [6, 6.07) is 11.5. The number of rotatable bonds is 6. The van der Waals surface area contributed by atoms with Crippen LogP contribution in [0.4, 0.5) is 17.2 Å². The number of sulfonamides is 1. The number of nitrogens with one attached hydrogen (secondary N) is 1. The zero-order valence-corrected chi connectivity index (χ0v) is 21.2. The highest BCUT2D eigenvalue weighted by Crippen LogP contribution is 2.54. The van der Waals surface area contributed by atoms with Crippen molar-refractivity contribution in [1.82, 2.24) is 20.0 Å². The summed E-state index contributed by atoms with van der Waals surface area (Å²) in [6.45, 7) is 4.12. The summed E-state index contributed by atoms with van der Waals surface area (Å²) in [6.07, 6.45) is 9.00. The van der Waals surface area contributed by atoms with Gasteiger partial charge in [-0.25, -0.2) is 18.1 Å². The van der Waals surface area contributed by atoms with E-state index < -0.39 is 10.0 Å². The van der Waals surface area contributed by atoms with Gasteiger partial charge in [0, 0.05) is 19.6 Å². The summed E-state index contributed by atoms with van der Waals surface area (Å²) in [7, 11) is -3.38. The van der Waals surface area contributed by atoms with Gasteiger partial charge in [0.05, 0.1) is 41.8 Å². The van der Waals surface area contributed by atoms with Crippen LogP contribution in [-0.2, 0) is 14.8 Å². The molecule has 2 saturated heterocycles. The SMILES string of the molecule is CS(=O)(=O)Nc1ccc(-n2cc(-c3cccc(N4CCCOC4)n3)nn2)c(N2CCC3(CC2)CC3)c1. The summed E-state index contributed by atoms with van der Waals surface area (Å²) < 4.78 is 33.7. The van der Waals surface area contributed by atoms with Gasteiger partial charge < -0.3 is 14.5 Å². The topological polar surface area (TPSA) is 105 Å². The maximum absolute atomic E-state index is 11.9. The van der Waals surface area contributed by atoms with Crippen molar-refractivity contribution >= 4 is 27.2 Å². The first-order valence-corrected chi connectivity index (χ1v) is 14.4. The minimum Gasteiger partial charge on any atom is -0.370 e. The van der Waals surface area contributed by atoms with Gasteiger partial charge in [0.1, 0.15) is 18.2 Å². The number of hydrogen-bond acceptors (Lipinski definition) is 8. The minimum absolute atomic E-state index is 0.537. The molecule has 36 heavy (non-hydrogen) atoms. The summed E-state index contributed by atoms with van der Waals surface area (Å²) in [5, 5.41) is 8.85. The number of aromatic nitrogens is 4. The number of pyridine rings is 1. The van der Waals surface area contributed by atoms with Crippen LogP contribution in [0.2, 0.25) is 0 Å². The number of benzene rings is 1. The fraction of sp³-hybridized carbons (Fsp3) is 0.480. The van der Waals surface area contributed by atoms with E-state index in [1.54, 1.807) is 10.7 Å². The molecule has 0 amide bonds. The smallest absolute Gasteiger partial charge is 0.229 e. The monoisotopic (exact) mass is 509 g/mol. The molecular formula is C25H31N7O3S. The number of piperidine rings is 1. The lowest BCUT2D eigenvalue weighted by Crippen LogP contribution is -2.35. The Morgan fingerprint density at radius 1 is 0.972 bits per heavy atom. The maximum atomic E-state index is 11.9. The van der Waals surface area contributed by atoms with Crippen LogP contribution in [0.15, 0.2) is 42.6 Å². The van der Waals surface area contributed by atoms with E-state index in [-0.39, 0.29) is 0 Å². The molecule has 3 fully saturated rings. The Labute approximate surface area is 211 Å². The predicted octanol–water partition coefficient (Wildman–Crippen LogP) is 3.27. The van der Waals surface area contributed by atoms with Crippen molar-refractivity contribution in [3.8, 4) is 17.1 Å². The first-order valence-electron chi connectivity index (χ1n) is 12.5. The third-order valence-corrected chi connectivity index (χ3v) is 8.03. The van der Waals surface area contributed by atoms with Crippen LogP contribution in [-0.4, -0.2) is 67.6 Å². The average Bonchev–Trinajstić information content (AvgIpc) is 3.44. The lowest BCUT2D eigenvalue weighted by Gasteiger charge is -2.35. The fourth-order valence-electron chi connectivity index (χ4n) is 5.17. The average molecular weight is 510 g/mol. The summed E-state index contributed by atoms with van der Waals surface area (Å²) in [4.78, 5) is 9.26. The molecule has 0 unspecified atom stereocenters. The van der Waals surface area contributed by atoms with Gasteiger partial charge in [0.25, 0.3) is 0 Å². The molecule has 4 heterocycles. The standard InChI is InChI=1S/C25H31N7O3S/c1-36(33,34)28-19-6-7-22(23(16-19)30-13-10-25(8-9-25)11-14-30)32-17-21(27-29-32)20-4-2-5-24(26-20)31-12-3-15-35-18-31/h2,4-7,16-17,28H,3,8-15,18H2,1H3.